The summed E-state index contributed by atoms with van der Waals surface area (Å²) in [7, 11) is 0. The van der Waals surface area contributed by atoms with Crippen LogP contribution >= 0.6 is 0 Å². The highest BCUT2D eigenvalue weighted by molar-refractivity contribution is 4.95. The van der Waals surface area contributed by atoms with E-state index in [1.54, 1.807) is 0 Å². The second kappa shape index (κ2) is 5.31. The van der Waals surface area contributed by atoms with Gasteiger partial charge in [-0.25, -0.2) is 0 Å². The highest BCUT2D eigenvalue weighted by Crippen LogP contribution is 2.29. The molecule has 2 rings (SSSR count). The zero-order valence-corrected chi connectivity index (χ0v) is 10.4. The molecule has 0 N–H and O–H groups in total. The Morgan fingerprint density at radius 1 is 1.00 bits per heavy atom. The van der Waals surface area contributed by atoms with Crippen LogP contribution in [-0.4, -0.2) is 48.1 Å². The molecule has 2 aliphatic heterocycles. The van der Waals surface area contributed by atoms with Crippen molar-refractivity contribution in [3.8, 4) is 0 Å². The summed E-state index contributed by atoms with van der Waals surface area (Å²) in [6.07, 6.45) is 7.05. The average molecular weight is 210 g/mol. The molecule has 0 saturated carbocycles. The van der Waals surface area contributed by atoms with Crippen LogP contribution in [0.5, 0.6) is 0 Å². The zero-order valence-electron chi connectivity index (χ0n) is 10.4. The molecule has 2 bridgehead atoms. The van der Waals surface area contributed by atoms with Gasteiger partial charge in [0.25, 0.3) is 0 Å². The first-order chi connectivity index (χ1) is 7.35. The number of likely N-dealkylation sites (N-methyl/N-ethyl adjacent to an activating group) is 1. The first-order valence-corrected chi connectivity index (χ1v) is 6.83. The van der Waals surface area contributed by atoms with Crippen LogP contribution in [0.2, 0.25) is 0 Å². The molecule has 0 aromatic rings. The fourth-order valence-electron chi connectivity index (χ4n) is 3.36. The topological polar surface area (TPSA) is 6.48 Å². The van der Waals surface area contributed by atoms with Gasteiger partial charge in [0.05, 0.1) is 0 Å². The maximum atomic E-state index is 2.73. The number of hydrogen-bond acceptors (Lipinski definition) is 2. The minimum Gasteiger partial charge on any atom is -0.300 e. The quantitative estimate of drug-likeness (QED) is 0.643. The molecule has 0 aromatic carbocycles. The normalized spacial score (nSPS) is 32.4. The Hall–Kier alpha value is -0.0800. The van der Waals surface area contributed by atoms with Crippen LogP contribution in [0.3, 0.4) is 0 Å². The van der Waals surface area contributed by atoms with E-state index in [9.17, 15) is 0 Å². The van der Waals surface area contributed by atoms with Gasteiger partial charge in [0.1, 0.15) is 0 Å². The maximum absolute atomic E-state index is 2.73. The van der Waals surface area contributed by atoms with Gasteiger partial charge in [-0.15, -0.1) is 0 Å². The molecule has 2 aliphatic rings. The third kappa shape index (κ3) is 2.54. The molecular formula is C13H26N2. The summed E-state index contributed by atoms with van der Waals surface area (Å²) in [4.78, 5) is 5.44. The van der Waals surface area contributed by atoms with Gasteiger partial charge >= 0.3 is 0 Å². The molecule has 0 aromatic heterocycles. The van der Waals surface area contributed by atoms with Crippen molar-refractivity contribution in [3.63, 3.8) is 0 Å². The van der Waals surface area contributed by atoms with Gasteiger partial charge in [-0.05, 0) is 32.4 Å². The number of nitrogens with zero attached hydrogens (tertiary/aromatic N) is 2. The molecule has 0 unspecified atom stereocenters. The van der Waals surface area contributed by atoms with E-state index >= 15 is 0 Å². The van der Waals surface area contributed by atoms with Crippen molar-refractivity contribution >= 4 is 0 Å². The van der Waals surface area contributed by atoms with E-state index in [4.69, 9.17) is 0 Å². The highest BCUT2D eigenvalue weighted by atomic mass is 15.3. The van der Waals surface area contributed by atoms with Crippen LogP contribution in [0, 0.1) is 0 Å². The van der Waals surface area contributed by atoms with Gasteiger partial charge in [-0.2, -0.15) is 0 Å². The molecule has 2 fully saturated rings. The molecule has 0 amide bonds. The van der Waals surface area contributed by atoms with Crippen LogP contribution in [-0.2, 0) is 0 Å². The predicted octanol–water partition coefficient (Wildman–Crippen LogP) is 2.35. The lowest BCUT2D eigenvalue weighted by molar-refractivity contribution is 0.0705. The van der Waals surface area contributed by atoms with Gasteiger partial charge < -0.3 is 4.90 Å². The predicted molar refractivity (Wildman–Crippen MR) is 65.2 cm³/mol. The summed E-state index contributed by atoms with van der Waals surface area (Å²) in [5, 5.41) is 0. The Labute approximate surface area is 94.6 Å². The molecule has 2 atom stereocenters. The Morgan fingerprint density at radius 2 is 1.67 bits per heavy atom. The number of fused-ring (bicyclic) bond motifs is 2. The third-order valence-electron chi connectivity index (χ3n) is 4.15. The summed E-state index contributed by atoms with van der Waals surface area (Å²) >= 11 is 0. The number of piperazine rings is 1. The minimum absolute atomic E-state index is 0.885. The Bertz CT molecular complexity index is 179. The summed E-state index contributed by atoms with van der Waals surface area (Å²) in [5.74, 6) is 0. The van der Waals surface area contributed by atoms with E-state index in [-0.39, 0.29) is 0 Å². The van der Waals surface area contributed by atoms with E-state index < -0.39 is 0 Å². The second-order valence-electron chi connectivity index (χ2n) is 5.18. The van der Waals surface area contributed by atoms with Crippen LogP contribution in [0.25, 0.3) is 0 Å². The molecule has 88 valence electrons. The second-order valence-corrected chi connectivity index (χ2v) is 5.18. The van der Waals surface area contributed by atoms with Gasteiger partial charge in [-0.3, -0.25) is 4.90 Å². The number of rotatable bonds is 5. The van der Waals surface area contributed by atoms with E-state index in [0.29, 0.717) is 0 Å². The monoisotopic (exact) mass is 210 g/mol. The smallest absolute Gasteiger partial charge is 0.0227 e. The summed E-state index contributed by atoms with van der Waals surface area (Å²) in [6, 6.07) is 1.77. The molecule has 0 spiro atoms. The van der Waals surface area contributed by atoms with Crippen molar-refractivity contribution in [2.24, 2.45) is 0 Å². The zero-order chi connectivity index (χ0) is 10.7. The van der Waals surface area contributed by atoms with Crippen LogP contribution < -0.4 is 0 Å². The van der Waals surface area contributed by atoms with Crippen LogP contribution in [0.4, 0.5) is 0 Å². The Morgan fingerprint density at radius 3 is 2.20 bits per heavy atom. The van der Waals surface area contributed by atoms with E-state index in [2.05, 4.69) is 23.6 Å². The third-order valence-corrected chi connectivity index (χ3v) is 4.15. The number of likely N-dealkylation sites (tertiary alicyclic amines) is 1. The van der Waals surface area contributed by atoms with E-state index in [1.807, 2.05) is 0 Å². The number of unbranched alkanes of at least 4 members (excludes halogenated alkanes) is 2. The Kier molecular flexibility index (Phi) is 4.04. The molecule has 2 saturated heterocycles. The molecule has 0 aliphatic carbocycles. The van der Waals surface area contributed by atoms with Gasteiger partial charge in [-0.1, -0.05) is 26.7 Å². The largest absolute Gasteiger partial charge is 0.300 e. The van der Waals surface area contributed by atoms with Crippen molar-refractivity contribution in [1.29, 1.82) is 0 Å². The van der Waals surface area contributed by atoms with E-state index in [1.165, 1.54) is 58.3 Å². The fourth-order valence-corrected chi connectivity index (χ4v) is 3.36. The standard InChI is InChI=1S/C13H26N2/c1-3-5-6-9-14-10-12-7-8-13(11-14)15(12)4-2/h12-13H,3-11H2,1-2H3/t12-,13+. The SMILES string of the molecule is CCCCCN1C[C@H]2CC[C@@H](C1)N2CC. The first kappa shape index (κ1) is 11.4. The Balaban J connectivity index is 1.78. The summed E-state index contributed by atoms with van der Waals surface area (Å²) < 4.78 is 0. The van der Waals surface area contributed by atoms with Crippen molar-refractivity contribution < 1.29 is 0 Å². The minimum atomic E-state index is 0.885. The maximum Gasteiger partial charge on any atom is 0.0227 e. The first-order valence-electron chi connectivity index (χ1n) is 6.83. The highest BCUT2D eigenvalue weighted by Gasteiger charge is 2.38. The summed E-state index contributed by atoms with van der Waals surface area (Å²) in [6.45, 7) is 9.90. The van der Waals surface area contributed by atoms with Crippen LogP contribution in [0.1, 0.15) is 46.0 Å². The van der Waals surface area contributed by atoms with E-state index in [0.717, 1.165) is 12.1 Å². The molecule has 2 nitrogen and oxygen atoms in total. The molecule has 0 radical (unpaired) electrons. The summed E-state index contributed by atoms with van der Waals surface area (Å²) in [5.41, 5.74) is 0. The van der Waals surface area contributed by atoms with Gasteiger partial charge in [0, 0.05) is 25.2 Å². The lowest BCUT2D eigenvalue weighted by atomic mass is 10.1. The lowest BCUT2D eigenvalue weighted by Crippen LogP contribution is -2.53. The average Bonchev–Trinajstić information content (AvgIpc) is 2.49. The van der Waals surface area contributed by atoms with Gasteiger partial charge in [0.2, 0.25) is 0 Å². The van der Waals surface area contributed by atoms with Crippen molar-refractivity contribution in [1.82, 2.24) is 9.80 Å². The molecule has 2 heteroatoms. The number of hydrogen-bond donors (Lipinski definition) is 0. The van der Waals surface area contributed by atoms with Crippen molar-refractivity contribution in [2.45, 2.75) is 58.0 Å². The lowest BCUT2D eigenvalue weighted by Gasteiger charge is -2.40. The van der Waals surface area contributed by atoms with Crippen molar-refractivity contribution in [2.75, 3.05) is 26.2 Å². The van der Waals surface area contributed by atoms with Crippen molar-refractivity contribution in [3.05, 3.63) is 0 Å². The fraction of sp³-hybridized carbons (Fsp3) is 1.00. The molecular weight excluding hydrogens is 184 g/mol. The van der Waals surface area contributed by atoms with Gasteiger partial charge in [0.15, 0.2) is 0 Å². The van der Waals surface area contributed by atoms with Crippen LogP contribution in [0.15, 0.2) is 0 Å². The molecule has 15 heavy (non-hydrogen) atoms. The molecule has 2 heterocycles.